The van der Waals surface area contributed by atoms with Gasteiger partial charge in [-0.25, -0.2) is 0 Å². The van der Waals surface area contributed by atoms with Gasteiger partial charge in [0, 0.05) is 12.6 Å². The van der Waals surface area contributed by atoms with Crippen LogP contribution in [0.15, 0.2) is 48.5 Å². The molecule has 0 heterocycles. The lowest BCUT2D eigenvalue weighted by Gasteiger charge is -2.59. The van der Waals surface area contributed by atoms with E-state index in [4.69, 9.17) is 4.74 Å². The maximum Gasteiger partial charge on any atom is 0.119 e. The molecule has 0 aliphatic heterocycles. The summed E-state index contributed by atoms with van der Waals surface area (Å²) < 4.78 is 5.96. The largest absolute Gasteiger partial charge is 0.489 e. The molecule has 6 rings (SSSR count). The molecule has 29 heavy (non-hydrogen) atoms. The smallest absolute Gasteiger partial charge is 0.119 e. The molecule has 2 aromatic carbocycles. The lowest BCUT2D eigenvalue weighted by Crippen LogP contribution is -2.54. The van der Waals surface area contributed by atoms with E-state index in [2.05, 4.69) is 67.7 Å². The molecule has 1 N–H and O–H groups in total. The highest BCUT2D eigenvalue weighted by atomic mass is 16.5. The van der Waals surface area contributed by atoms with Crippen LogP contribution in [0.3, 0.4) is 0 Å². The number of rotatable bonds is 7. The fourth-order valence-electron chi connectivity index (χ4n) is 6.75. The van der Waals surface area contributed by atoms with Gasteiger partial charge in [0.25, 0.3) is 0 Å². The molecule has 4 aliphatic rings. The maximum absolute atomic E-state index is 5.96. The zero-order valence-corrected chi connectivity index (χ0v) is 18.0. The Labute approximate surface area is 176 Å². The zero-order chi connectivity index (χ0) is 19.8. The molecule has 0 aromatic heterocycles. The van der Waals surface area contributed by atoms with E-state index in [9.17, 15) is 0 Å². The Bertz CT molecular complexity index is 787. The van der Waals surface area contributed by atoms with Gasteiger partial charge < -0.3 is 10.1 Å². The lowest BCUT2D eigenvalue weighted by atomic mass is 9.48. The van der Waals surface area contributed by atoms with Crippen molar-refractivity contribution in [3.63, 3.8) is 0 Å². The Balaban J connectivity index is 1.14. The van der Waals surface area contributed by atoms with Crippen molar-refractivity contribution in [3.05, 3.63) is 65.2 Å². The van der Waals surface area contributed by atoms with Gasteiger partial charge in [-0.15, -0.1) is 0 Å². The Morgan fingerprint density at radius 1 is 0.862 bits per heavy atom. The average molecular weight is 390 g/mol. The topological polar surface area (TPSA) is 21.3 Å². The van der Waals surface area contributed by atoms with Crippen LogP contribution >= 0.6 is 0 Å². The summed E-state index contributed by atoms with van der Waals surface area (Å²) in [5.41, 5.74) is 4.43. The van der Waals surface area contributed by atoms with Gasteiger partial charge in [0.05, 0.1) is 0 Å². The number of nitrogens with one attached hydrogen (secondary N) is 1. The van der Waals surface area contributed by atoms with Crippen molar-refractivity contribution in [1.29, 1.82) is 0 Å². The Kier molecular flexibility index (Phi) is 5.16. The summed E-state index contributed by atoms with van der Waals surface area (Å²) in [5.74, 6) is 4.02. The van der Waals surface area contributed by atoms with Gasteiger partial charge in [0.1, 0.15) is 12.4 Å². The predicted octanol–water partition coefficient (Wildman–Crippen LogP) is 6.27. The first-order valence-electron chi connectivity index (χ1n) is 11.6. The van der Waals surface area contributed by atoms with E-state index in [1.54, 1.807) is 0 Å². The summed E-state index contributed by atoms with van der Waals surface area (Å²) in [6.07, 6.45) is 8.99. The molecule has 0 radical (unpaired) electrons. The van der Waals surface area contributed by atoms with E-state index in [1.165, 1.54) is 55.2 Å². The standard InChI is InChI=1S/C27H35NO/c1-19-3-5-22(6-4-19)18-29-26-9-7-21(8-10-26)17-28-20(2)27-14-23-11-24(15-27)13-25(12-23)16-27/h3-10,20,23-25,28H,11-18H2,1-2H3. The number of hydrogen-bond donors (Lipinski definition) is 1. The van der Waals surface area contributed by atoms with Gasteiger partial charge in [-0.3, -0.25) is 0 Å². The quantitative estimate of drug-likeness (QED) is 0.603. The molecule has 4 aliphatic carbocycles. The SMILES string of the molecule is Cc1ccc(COc2ccc(CNC(C)C34CC5CC(CC(C5)C3)C4)cc2)cc1. The summed E-state index contributed by atoms with van der Waals surface area (Å²) in [6, 6.07) is 17.8. The second-order valence-electron chi connectivity index (χ2n) is 10.3. The highest BCUT2D eigenvalue weighted by Gasteiger charge is 2.52. The normalized spacial score (nSPS) is 31.0. The predicted molar refractivity (Wildman–Crippen MR) is 119 cm³/mol. The van der Waals surface area contributed by atoms with Crippen LogP contribution in [0.25, 0.3) is 0 Å². The van der Waals surface area contributed by atoms with E-state index < -0.39 is 0 Å². The first kappa shape index (κ1) is 19.2. The molecular weight excluding hydrogens is 354 g/mol. The maximum atomic E-state index is 5.96. The highest BCUT2D eigenvalue weighted by molar-refractivity contribution is 5.28. The van der Waals surface area contributed by atoms with Crippen LogP contribution < -0.4 is 10.1 Å². The van der Waals surface area contributed by atoms with Crippen LogP contribution in [0.4, 0.5) is 0 Å². The molecular formula is C27H35NO. The minimum absolute atomic E-state index is 0.575. The molecule has 2 heteroatoms. The molecule has 154 valence electrons. The number of aryl methyl sites for hydroxylation is 1. The van der Waals surface area contributed by atoms with Crippen molar-refractivity contribution < 1.29 is 4.74 Å². The van der Waals surface area contributed by atoms with Crippen molar-refractivity contribution in [2.45, 2.75) is 71.6 Å². The molecule has 2 nitrogen and oxygen atoms in total. The highest BCUT2D eigenvalue weighted by Crippen LogP contribution is 2.61. The van der Waals surface area contributed by atoms with Gasteiger partial charge in [0.2, 0.25) is 0 Å². The molecule has 4 bridgehead atoms. The van der Waals surface area contributed by atoms with E-state index in [-0.39, 0.29) is 0 Å². The minimum Gasteiger partial charge on any atom is -0.489 e. The van der Waals surface area contributed by atoms with Crippen molar-refractivity contribution in [2.75, 3.05) is 0 Å². The Morgan fingerprint density at radius 3 is 2.00 bits per heavy atom. The van der Waals surface area contributed by atoms with Gasteiger partial charge in [0.15, 0.2) is 0 Å². The van der Waals surface area contributed by atoms with E-state index in [1.807, 2.05) is 0 Å². The van der Waals surface area contributed by atoms with Gasteiger partial charge in [-0.1, -0.05) is 42.0 Å². The second-order valence-corrected chi connectivity index (χ2v) is 10.3. The molecule has 0 spiro atoms. The van der Waals surface area contributed by atoms with Crippen molar-refractivity contribution >= 4 is 0 Å². The molecule has 0 saturated heterocycles. The summed E-state index contributed by atoms with van der Waals surface area (Å²) in [5, 5.41) is 3.90. The van der Waals surface area contributed by atoms with Gasteiger partial charge in [-0.2, -0.15) is 0 Å². The van der Waals surface area contributed by atoms with E-state index in [0.29, 0.717) is 18.1 Å². The first-order chi connectivity index (χ1) is 14.1. The number of ether oxygens (including phenoxy) is 1. The molecule has 4 saturated carbocycles. The molecule has 0 amide bonds. The number of hydrogen-bond acceptors (Lipinski definition) is 2. The average Bonchev–Trinajstić information content (AvgIpc) is 2.71. The molecule has 1 atom stereocenters. The Hall–Kier alpha value is -1.80. The third-order valence-electron chi connectivity index (χ3n) is 8.07. The summed E-state index contributed by atoms with van der Waals surface area (Å²) in [4.78, 5) is 0. The minimum atomic E-state index is 0.575. The van der Waals surface area contributed by atoms with E-state index in [0.717, 1.165) is 30.0 Å². The summed E-state index contributed by atoms with van der Waals surface area (Å²) in [7, 11) is 0. The van der Waals surface area contributed by atoms with Crippen molar-refractivity contribution in [1.82, 2.24) is 5.32 Å². The monoisotopic (exact) mass is 389 g/mol. The fourth-order valence-corrected chi connectivity index (χ4v) is 6.75. The lowest BCUT2D eigenvalue weighted by molar-refractivity contribution is -0.0706. The second kappa shape index (κ2) is 7.80. The third kappa shape index (κ3) is 4.10. The summed E-state index contributed by atoms with van der Waals surface area (Å²) in [6.45, 7) is 6.15. The first-order valence-corrected chi connectivity index (χ1v) is 11.6. The molecule has 2 aromatic rings. The van der Waals surface area contributed by atoms with Crippen LogP contribution in [0.5, 0.6) is 5.75 Å². The van der Waals surface area contributed by atoms with Crippen molar-refractivity contribution in [2.24, 2.45) is 23.2 Å². The van der Waals surface area contributed by atoms with Crippen LogP contribution in [0, 0.1) is 30.1 Å². The van der Waals surface area contributed by atoms with Gasteiger partial charge >= 0.3 is 0 Å². The third-order valence-corrected chi connectivity index (χ3v) is 8.07. The zero-order valence-electron chi connectivity index (χ0n) is 18.0. The van der Waals surface area contributed by atoms with Crippen LogP contribution in [0.1, 0.15) is 62.1 Å². The molecule has 4 fully saturated rings. The fraction of sp³-hybridized carbons (Fsp3) is 0.556. The van der Waals surface area contributed by atoms with Crippen LogP contribution in [-0.2, 0) is 13.2 Å². The van der Waals surface area contributed by atoms with Gasteiger partial charge in [-0.05, 0) is 98.8 Å². The number of benzene rings is 2. The van der Waals surface area contributed by atoms with E-state index >= 15 is 0 Å². The van der Waals surface area contributed by atoms with Crippen LogP contribution in [0.2, 0.25) is 0 Å². The molecule has 1 unspecified atom stereocenters. The Morgan fingerprint density at radius 2 is 1.41 bits per heavy atom. The summed E-state index contributed by atoms with van der Waals surface area (Å²) >= 11 is 0. The van der Waals surface area contributed by atoms with Crippen LogP contribution in [-0.4, -0.2) is 6.04 Å². The van der Waals surface area contributed by atoms with Crippen molar-refractivity contribution in [3.8, 4) is 5.75 Å².